The second kappa shape index (κ2) is 8.93. The van der Waals surface area contributed by atoms with E-state index >= 15 is 0 Å². The van der Waals surface area contributed by atoms with E-state index in [-0.39, 0.29) is 18.6 Å². The van der Waals surface area contributed by atoms with Gasteiger partial charge in [0.2, 0.25) is 5.91 Å². The number of carbonyl (C=O) groups is 1. The zero-order valence-electron chi connectivity index (χ0n) is 8.91. The van der Waals surface area contributed by atoms with Crippen LogP contribution in [0.25, 0.3) is 0 Å². The van der Waals surface area contributed by atoms with Crippen molar-refractivity contribution < 1.29 is 14.3 Å². The third kappa shape index (κ3) is 9.44. The summed E-state index contributed by atoms with van der Waals surface area (Å²) in [5.74, 6) is -0.134. The van der Waals surface area contributed by atoms with Gasteiger partial charge in [0.05, 0.1) is 19.3 Å². The number of nitrogens with two attached hydrogens (primary N) is 1. The van der Waals surface area contributed by atoms with Crippen molar-refractivity contribution >= 4 is 5.91 Å². The minimum atomic E-state index is -0.134. The predicted octanol–water partition coefficient (Wildman–Crippen LogP) is -0.497. The van der Waals surface area contributed by atoms with Crippen molar-refractivity contribution in [1.29, 1.82) is 0 Å². The van der Waals surface area contributed by atoms with Crippen LogP contribution < -0.4 is 11.1 Å². The highest BCUT2D eigenvalue weighted by Gasteiger charge is 2.00. The van der Waals surface area contributed by atoms with Crippen LogP contribution in [-0.2, 0) is 14.3 Å². The molecule has 0 bridgehead atoms. The van der Waals surface area contributed by atoms with Gasteiger partial charge in [0.1, 0.15) is 6.61 Å². The zero-order valence-corrected chi connectivity index (χ0v) is 8.91. The summed E-state index contributed by atoms with van der Waals surface area (Å²) in [6.07, 6.45) is 0.195. The van der Waals surface area contributed by atoms with Crippen LogP contribution in [-0.4, -0.2) is 44.9 Å². The highest BCUT2D eigenvalue weighted by molar-refractivity contribution is 5.77. The first-order chi connectivity index (χ1) is 6.66. The smallest absolute Gasteiger partial charge is 0.246 e. The Morgan fingerprint density at radius 1 is 1.43 bits per heavy atom. The summed E-state index contributed by atoms with van der Waals surface area (Å²) in [6, 6.07) is 0. The minimum absolute atomic E-state index is 0.0683. The first-order valence-electron chi connectivity index (χ1n) is 4.83. The Hall–Kier alpha value is -0.650. The third-order valence-corrected chi connectivity index (χ3v) is 1.37. The van der Waals surface area contributed by atoms with E-state index in [0.29, 0.717) is 26.3 Å². The van der Waals surface area contributed by atoms with E-state index in [1.54, 1.807) is 0 Å². The lowest BCUT2D eigenvalue weighted by atomic mass is 10.5. The molecule has 3 N–H and O–H groups in total. The first-order valence-corrected chi connectivity index (χ1v) is 4.83. The van der Waals surface area contributed by atoms with Gasteiger partial charge < -0.3 is 20.5 Å². The molecule has 0 spiro atoms. The lowest BCUT2D eigenvalue weighted by Gasteiger charge is -2.08. The van der Waals surface area contributed by atoms with Gasteiger partial charge in [0, 0.05) is 13.1 Å². The molecule has 0 aromatic rings. The molecule has 5 heteroatoms. The van der Waals surface area contributed by atoms with E-state index in [4.69, 9.17) is 15.2 Å². The molecular weight excluding hydrogens is 184 g/mol. The van der Waals surface area contributed by atoms with Crippen LogP contribution in [0.4, 0.5) is 0 Å². The number of rotatable bonds is 8. The average Bonchev–Trinajstić information content (AvgIpc) is 2.13. The molecule has 0 unspecified atom stereocenters. The van der Waals surface area contributed by atoms with Crippen LogP contribution in [0.5, 0.6) is 0 Å². The molecule has 14 heavy (non-hydrogen) atoms. The average molecular weight is 204 g/mol. The van der Waals surface area contributed by atoms with Gasteiger partial charge in [-0.2, -0.15) is 0 Å². The van der Waals surface area contributed by atoms with Gasteiger partial charge in [-0.15, -0.1) is 0 Å². The van der Waals surface area contributed by atoms with E-state index in [1.165, 1.54) is 0 Å². The zero-order chi connectivity index (χ0) is 10.8. The second-order valence-electron chi connectivity index (χ2n) is 3.11. The number of hydrogen-bond acceptors (Lipinski definition) is 4. The van der Waals surface area contributed by atoms with Crippen molar-refractivity contribution in [3.8, 4) is 0 Å². The Balaban J connectivity index is 3.18. The predicted molar refractivity (Wildman–Crippen MR) is 54.0 cm³/mol. The lowest BCUT2D eigenvalue weighted by molar-refractivity contribution is -0.125. The van der Waals surface area contributed by atoms with Crippen LogP contribution in [0, 0.1) is 0 Å². The van der Waals surface area contributed by atoms with Crippen molar-refractivity contribution in [2.45, 2.75) is 20.0 Å². The van der Waals surface area contributed by atoms with Crippen molar-refractivity contribution in [3.63, 3.8) is 0 Å². The summed E-state index contributed by atoms with van der Waals surface area (Å²) >= 11 is 0. The number of nitrogens with one attached hydrogen (secondary N) is 1. The Kier molecular flexibility index (Phi) is 8.51. The largest absolute Gasteiger partial charge is 0.377 e. The maximum absolute atomic E-state index is 11.0. The van der Waals surface area contributed by atoms with E-state index in [9.17, 15) is 4.79 Å². The van der Waals surface area contributed by atoms with Crippen molar-refractivity contribution in [2.24, 2.45) is 5.73 Å². The molecular formula is C9H20N2O3. The van der Waals surface area contributed by atoms with Gasteiger partial charge in [0.25, 0.3) is 0 Å². The summed E-state index contributed by atoms with van der Waals surface area (Å²) in [5, 5.41) is 2.67. The molecule has 0 heterocycles. The topological polar surface area (TPSA) is 73.6 Å². The maximum Gasteiger partial charge on any atom is 0.246 e. The maximum atomic E-state index is 11.0. The first kappa shape index (κ1) is 13.4. The standard InChI is InChI=1S/C9H20N2O3/c1-8(2)14-6-4-11-9(12)7-13-5-3-10/h8H,3-7,10H2,1-2H3,(H,11,12). The van der Waals surface area contributed by atoms with Crippen molar-refractivity contribution in [2.75, 3.05) is 32.9 Å². The molecule has 84 valence electrons. The minimum Gasteiger partial charge on any atom is -0.377 e. The Bertz CT molecular complexity index is 151. The summed E-state index contributed by atoms with van der Waals surface area (Å²) in [4.78, 5) is 11.0. The summed E-state index contributed by atoms with van der Waals surface area (Å²) in [6.45, 7) is 5.86. The fourth-order valence-electron chi connectivity index (χ4n) is 0.784. The quantitative estimate of drug-likeness (QED) is 0.523. The molecule has 0 aromatic heterocycles. The molecule has 0 radical (unpaired) electrons. The molecule has 1 amide bonds. The van der Waals surface area contributed by atoms with Gasteiger partial charge in [-0.25, -0.2) is 0 Å². The summed E-state index contributed by atoms with van der Waals surface area (Å²) < 4.78 is 10.2. The molecule has 0 saturated heterocycles. The fourth-order valence-corrected chi connectivity index (χ4v) is 0.784. The number of carbonyl (C=O) groups excluding carboxylic acids is 1. The van der Waals surface area contributed by atoms with Crippen LogP contribution >= 0.6 is 0 Å². The molecule has 0 aliphatic carbocycles. The monoisotopic (exact) mass is 204 g/mol. The van der Waals surface area contributed by atoms with Crippen LogP contribution in [0.3, 0.4) is 0 Å². The Morgan fingerprint density at radius 2 is 2.14 bits per heavy atom. The molecule has 0 fully saturated rings. The van der Waals surface area contributed by atoms with E-state index in [2.05, 4.69) is 5.32 Å². The van der Waals surface area contributed by atoms with E-state index in [0.717, 1.165) is 0 Å². The Morgan fingerprint density at radius 3 is 2.71 bits per heavy atom. The molecule has 0 aliphatic heterocycles. The molecule has 5 nitrogen and oxygen atoms in total. The van der Waals surface area contributed by atoms with Crippen LogP contribution in [0.2, 0.25) is 0 Å². The van der Waals surface area contributed by atoms with Gasteiger partial charge in [-0.05, 0) is 13.8 Å². The normalized spacial score (nSPS) is 10.6. The number of amides is 1. The molecule has 0 atom stereocenters. The van der Waals surface area contributed by atoms with Gasteiger partial charge in [-0.1, -0.05) is 0 Å². The highest BCUT2D eigenvalue weighted by Crippen LogP contribution is 1.84. The molecule has 0 aromatic carbocycles. The number of hydrogen-bond donors (Lipinski definition) is 2. The Labute approximate surface area is 84.9 Å². The molecule has 0 rings (SSSR count). The van der Waals surface area contributed by atoms with Gasteiger partial charge in [0.15, 0.2) is 0 Å². The van der Waals surface area contributed by atoms with Crippen LogP contribution in [0.1, 0.15) is 13.8 Å². The fraction of sp³-hybridized carbons (Fsp3) is 0.889. The second-order valence-corrected chi connectivity index (χ2v) is 3.11. The van der Waals surface area contributed by atoms with Gasteiger partial charge >= 0.3 is 0 Å². The summed E-state index contributed by atoms with van der Waals surface area (Å²) in [5.41, 5.74) is 5.19. The van der Waals surface area contributed by atoms with E-state index < -0.39 is 0 Å². The third-order valence-electron chi connectivity index (χ3n) is 1.37. The highest BCUT2D eigenvalue weighted by atomic mass is 16.5. The van der Waals surface area contributed by atoms with E-state index in [1.807, 2.05) is 13.8 Å². The number of ether oxygens (including phenoxy) is 2. The van der Waals surface area contributed by atoms with Crippen molar-refractivity contribution in [1.82, 2.24) is 5.32 Å². The molecule has 0 aliphatic rings. The lowest BCUT2D eigenvalue weighted by Crippen LogP contribution is -2.31. The SMILES string of the molecule is CC(C)OCCNC(=O)COCCN. The molecule has 0 saturated carbocycles. The van der Waals surface area contributed by atoms with Crippen molar-refractivity contribution in [3.05, 3.63) is 0 Å². The van der Waals surface area contributed by atoms with Gasteiger partial charge in [-0.3, -0.25) is 4.79 Å². The van der Waals surface area contributed by atoms with Crippen LogP contribution in [0.15, 0.2) is 0 Å². The summed E-state index contributed by atoms with van der Waals surface area (Å²) in [7, 11) is 0.